The summed E-state index contributed by atoms with van der Waals surface area (Å²) < 4.78 is 29.5. The molecule has 0 atom stereocenters. The molecule has 0 saturated carbocycles. The van der Waals surface area contributed by atoms with Crippen molar-refractivity contribution >= 4 is 21.6 Å². The van der Waals surface area contributed by atoms with Gasteiger partial charge in [-0.05, 0) is 43.2 Å². The van der Waals surface area contributed by atoms with Crippen LogP contribution < -0.4 is 15.4 Å². The number of aromatic nitrogens is 3. The van der Waals surface area contributed by atoms with E-state index in [-0.39, 0.29) is 6.54 Å². The van der Waals surface area contributed by atoms with Gasteiger partial charge in [-0.15, -0.1) is 10.2 Å². The highest BCUT2D eigenvalue weighted by atomic mass is 32.2. The van der Waals surface area contributed by atoms with Gasteiger partial charge in [-0.1, -0.05) is 18.2 Å². The van der Waals surface area contributed by atoms with Crippen molar-refractivity contribution in [3.8, 4) is 0 Å². The summed E-state index contributed by atoms with van der Waals surface area (Å²) in [5.74, 6) is 1.29. The van der Waals surface area contributed by atoms with E-state index in [9.17, 15) is 8.42 Å². The molecule has 0 aliphatic heterocycles. The first-order valence-corrected chi connectivity index (χ1v) is 10.7. The summed E-state index contributed by atoms with van der Waals surface area (Å²) in [6, 6.07) is 11.1. The van der Waals surface area contributed by atoms with Gasteiger partial charge >= 0.3 is 0 Å². The van der Waals surface area contributed by atoms with Crippen LogP contribution in [-0.4, -0.2) is 49.1 Å². The molecular weight excluding hydrogens is 390 g/mol. The molecule has 0 aliphatic carbocycles. The van der Waals surface area contributed by atoms with E-state index in [1.807, 2.05) is 47.9 Å². The Kier molecular flexibility index (Phi) is 6.45. The van der Waals surface area contributed by atoms with Crippen molar-refractivity contribution in [1.82, 2.24) is 30.0 Å². The fourth-order valence-electron chi connectivity index (χ4n) is 2.84. The molecule has 154 valence electrons. The minimum atomic E-state index is -3.56. The van der Waals surface area contributed by atoms with Crippen LogP contribution in [0.5, 0.6) is 0 Å². The van der Waals surface area contributed by atoms with Gasteiger partial charge in [-0.2, -0.15) is 0 Å². The molecule has 9 nitrogen and oxygen atoms in total. The van der Waals surface area contributed by atoms with Crippen molar-refractivity contribution in [2.45, 2.75) is 25.3 Å². The van der Waals surface area contributed by atoms with E-state index in [0.29, 0.717) is 29.5 Å². The van der Waals surface area contributed by atoms with Crippen molar-refractivity contribution in [3.05, 3.63) is 59.5 Å². The zero-order valence-corrected chi connectivity index (χ0v) is 17.5. The van der Waals surface area contributed by atoms with Gasteiger partial charge in [-0.3, -0.25) is 9.39 Å². The molecule has 10 heteroatoms. The smallest absolute Gasteiger partial charge is 0.240 e. The number of fused-ring (bicyclic) bond motifs is 1. The van der Waals surface area contributed by atoms with Crippen LogP contribution in [0.1, 0.15) is 17.0 Å². The third kappa shape index (κ3) is 5.09. The number of pyridine rings is 1. The number of rotatable bonds is 7. The molecule has 0 bridgehead atoms. The van der Waals surface area contributed by atoms with Crippen molar-refractivity contribution in [1.29, 1.82) is 0 Å². The van der Waals surface area contributed by atoms with Gasteiger partial charge < -0.3 is 10.6 Å². The summed E-state index contributed by atoms with van der Waals surface area (Å²) in [5, 5.41) is 14.5. The zero-order valence-electron chi connectivity index (χ0n) is 16.7. The SMILES string of the molecule is CN=C(NCCNS(=O)(=O)c1cc(C)ccc1C)NCc1nnc2ccccn12. The minimum Gasteiger partial charge on any atom is -0.355 e. The Labute approximate surface area is 170 Å². The van der Waals surface area contributed by atoms with Crippen molar-refractivity contribution in [2.24, 2.45) is 4.99 Å². The molecule has 0 radical (unpaired) electrons. The number of hydrogen-bond acceptors (Lipinski definition) is 5. The quantitative estimate of drug-likeness (QED) is 0.301. The highest BCUT2D eigenvalue weighted by Gasteiger charge is 2.16. The molecule has 1 aromatic carbocycles. The second-order valence-corrected chi connectivity index (χ2v) is 8.30. The lowest BCUT2D eigenvalue weighted by Gasteiger charge is -2.13. The topological polar surface area (TPSA) is 113 Å². The van der Waals surface area contributed by atoms with Crippen molar-refractivity contribution in [2.75, 3.05) is 20.1 Å². The predicted molar refractivity (Wildman–Crippen MR) is 112 cm³/mol. The van der Waals surface area contributed by atoms with Crippen LogP contribution in [0.25, 0.3) is 5.65 Å². The molecule has 2 aromatic heterocycles. The lowest BCUT2D eigenvalue weighted by molar-refractivity contribution is 0.579. The number of aliphatic imine (C=N–C) groups is 1. The monoisotopic (exact) mass is 415 g/mol. The highest BCUT2D eigenvalue weighted by molar-refractivity contribution is 7.89. The lowest BCUT2D eigenvalue weighted by Crippen LogP contribution is -2.41. The number of aryl methyl sites for hydroxylation is 2. The average molecular weight is 416 g/mol. The number of nitrogens with zero attached hydrogens (tertiary/aromatic N) is 4. The Morgan fingerprint density at radius 3 is 2.72 bits per heavy atom. The summed E-state index contributed by atoms with van der Waals surface area (Å²) in [6.45, 7) is 4.69. The maximum atomic E-state index is 12.5. The van der Waals surface area contributed by atoms with Crippen LogP contribution in [0.3, 0.4) is 0 Å². The lowest BCUT2D eigenvalue weighted by atomic mass is 10.2. The third-order valence-electron chi connectivity index (χ3n) is 4.36. The van der Waals surface area contributed by atoms with E-state index >= 15 is 0 Å². The average Bonchev–Trinajstić information content (AvgIpc) is 3.12. The second kappa shape index (κ2) is 9.01. The molecule has 3 rings (SSSR count). The summed E-state index contributed by atoms with van der Waals surface area (Å²) >= 11 is 0. The predicted octanol–water partition coefficient (Wildman–Crippen LogP) is 0.990. The number of benzene rings is 1. The molecule has 2 heterocycles. The van der Waals surface area contributed by atoms with E-state index in [1.165, 1.54) is 0 Å². The van der Waals surface area contributed by atoms with Crippen molar-refractivity contribution in [3.63, 3.8) is 0 Å². The first-order valence-electron chi connectivity index (χ1n) is 9.21. The summed E-state index contributed by atoms with van der Waals surface area (Å²) in [5.41, 5.74) is 2.39. The van der Waals surface area contributed by atoms with Crippen LogP contribution in [0.15, 0.2) is 52.5 Å². The Balaban J connectivity index is 1.50. The summed E-state index contributed by atoms with van der Waals surface area (Å²) in [6.07, 6.45) is 1.89. The van der Waals surface area contributed by atoms with Gasteiger partial charge in [0.1, 0.15) is 0 Å². The number of sulfonamides is 1. The molecule has 0 amide bonds. The standard InChI is InChI=1S/C19H25N7O2S/c1-14-7-8-15(2)16(12-14)29(27,28)23-10-9-21-19(20-3)22-13-18-25-24-17-6-4-5-11-26(17)18/h4-8,11-12,23H,9-10,13H2,1-3H3,(H2,20,21,22). The first kappa shape index (κ1) is 20.7. The Bertz CT molecular complexity index is 1120. The van der Waals surface area contributed by atoms with Crippen LogP contribution in [0.4, 0.5) is 0 Å². The van der Waals surface area contributed by atoms with Crippen LogP contribution in [0, 0.1) is 13.8 Å². The Morgan fingerprint density at radius 2 is 1.93 bits per heavy atom. The molecule has 3 N–H and O–H groups in total. The van der Waals surface area contributed by atoms with Crippen LogP contribution in [-0.2, 0) is 16.6 Å². The molecule has 0 spiro atoms. The van der Waals surface area contributed by atoms with Gasteiger partial charge in [0.25, 0.3) is 0 Å². The van der Waals surface area contributed by atoms with Crippen molar-refractivity contribution < 1.29 is 8.42 Å². The second-order valence-electron chi connectivity index (χ2n) is 6.56. The molecule has 0 saturated heterocycles. The fourth-order valence-corrected chi connectivity index (χ4v) is 4.19. The number of hydrogen-bond donors (Lipinski definition) is 3. The largest absolute Gasteiger partial charge is 0.355 e. The zero-order chi connectivity index (χ0) is 20.9. The third-order valence-corrected chi connectivity index (χ3v) is 5.97. The van der Waals surface area contributed by atoms with E-state index in [4.69, 9.17) is 0 Å². The van der Waals surface area contributed by atoms with E-state index in [0.717, 1.165) is 17.0 Å². The molecule has 0 aliphatic rings. The van der Waals surface area contributed by atoms with E-state index in [1.54, 1.807) is 20.0 Å². The van der Waals surface area contributed by atoms with Crippen LogP contribution >= 0.6 is 0 Å². The van der Waals surface area contributed by atoms with Gasteiger partial charge in [0, 0.05) is 26.3 Å². The van der Waals surface area contributed by atoms with E-state index < -0.39 is 10.0 Å². The molecule has 0 unspecified atom stereocenters. The van der Waals surface area contributed by atoms with E-state index in [2.05, 4.69) is 30.5 Å². The van der Waals surface area contributed by atoms with Gasteiger partial charge in [0.2, 0.25) is 10.0 Å². The normalized spacial score (nSPS) is 12.3. The molecule has 3 aromatic rings. The Morgan fingerprint density at radius 1 is 1.10 bits per heavy atom. The van der Waals surface area contributed by atoms with Gasteiger partial charge in [-0.25, -0.2) is 13.1 Å². The molecule has 29 heavy (non-hydrogen) atoms. The Hall–Kier alpha value is -2.98. The first-order chi connectivity index (χ1) is 13.9. The molecule has 0 fully saturated rings. The van der Waals surface area contributed by atoms with Gasteiger partial charge in [0.15, 0.2) is 17.4 Å². The maximum Gasteiger partial charge on any atom is 0.240 e. The minimum absolute atomic E-state index is 0.226. The maximum absolute atomic E-state index is 12.5. The number of nitrogens with one attached hydrogen (secondary N) is 3. The van der Waals surface area contributed by atoms with Gasteiger partial charge in [0.05, 0.1) is 11.4 Å². The summed E-state index contributed by atoms with van der Waals surface area (Å²) in [7, 11) is -1.91. The summed E-state index contributed by atoms with van der Waals surface area (Å²) in [4.78, 5) is 4.45. The van der Waals surface area contributed by atoms with Crippen LogP contribution in [0.2, 0.25) is 0 Å². The highest BCUT2D eigenvalue weighted by Crippen LogP contribution is 2.16. The fraction of sp³-hybridized carbons (Fsp3) is 0.316. The molecular formula is C19H25N7O2S. The number of guanidine groups is 1.